The predicted octanol–water partition coefficient (Wildman–Crippen LogP) is 34.0. The summed E-state index contributed by atoms with van der Waals surface area (Å²) < 4.78 is 0. The summed E-state index contributed by atoms with van der Waals surface area (Å²) in [5.74, 6) is 0. The van der Waals surface area contributed by atoms with Crippen molar-refractivity contribution in [2.24, 2.45) is 0 Å². The van der Waals surface area contributed by atoms with Crippen LogP contribution in [0, 0.1) is 0 Å². The van der Waals surface area contributed by atoms with Gasteiger partial charge in [-0.2, -0.15) is 0 Å². The van der Waals surface area contributed by atoms with Gasteiger partial charge in [-0.3, -0.25) is 0 Å². The fraction of sp³-hybridized carbons (Fsp3) is 0.0519. The Morgan fingerprint density at radius 3 is 0.949 bits per heavy atom. The van der Waals surface area contributed by atoms with Gasteiger partial charge in [0.05, 0.1) is 33.0 Å². The fourth-order valence-electron chi connectivity index (χ4n) is 26.9. The predicted molar refractivity (Wildman–Crippen MR) is 566 cm³/mol. The molecule has 0 heterocycles. The van der Waals surface area contributed by atoms with E-state index in [1.807, 2.05) is 0 Å². The summed E-state index contributed by atoms with van der Waals surface area (Å²) in [5, 5.41) is 5.01. The molecule has 0 radical (unpaired) electrons. The van der Waals surface area contributed by atoms with Crippen molar-refractivity contribution in [3.05, 3.63) is 598 Å². The van der Waals surface area contributed by atoms with Crippen LogP contribution in [0.1, 0.15) is 114 Å². The lowest BCUT2D eigenvalue weighted by Crippen LogP contribution is -2.28. The number of anilines is 6. The molecule has 0 N–H and O–H groups in total. The highest BCUT2D eigenvalue weighted by Gasteiger charge is 2.56. The SMILES string of the molecule is CC1(C)c2ccccc2-c2ccc(N(c3ccc4c(c3)-c3ccccc3C4(c3ccccc3)c3ccc(-c4ccc5c(c4)-c4ccccc4C54c5ccccc5-c5c(N(c6ccc(-c7ccc8c(ccc9ccccc98)c7)cc6)c6ccc7c(c6)-c6ccccc6C7(c6ccccc6)c6ccccc6)cccc54)cc3)c3cccc4c3-c3ccccc3C43c4ccccc4-c4ccccc43)cc21. The molecule has 2 heteroatoms. The molecule has 2 nitrogen and oxygen atoms in total. The van der Waals surface area contributed by atoms with Crippen molar-refractivity contribution in [2.75, 3.05) is 9.80 Å². The molecular weight excluding hydrogens is 1650 g/mol. The zero-order valence-electron chi connectivity index (χ0n) is 75.7. The maximum Gasteiger partial charge on any atom is 0.0726 e. The van der Waals surface area contributed by atoms with Gasteiger partial charge in [0.1, 0.15) is 0 Å². The van der Waals surface area contributed by atoms with Crippen molar-refractivity contribution in [2.45, 2.75) is 40.9 Å². The maximum absolute atomic E-state index is 2.61. The first kappa shape index (κ1) is 77.5. The summed E-state index contributed by atoms with van der Waals surface area (Å²) in [6.07, 6.45) is 0. The molecule has 29 rings (SSSR count). The van der Waals surface area contributed by atoms with Crippen LogP contribution in [-0.2, 0) is 27.1 Å². The van der Waals surface area contributed by atoms with Crippen molar-refractivity contribution < 1.29 is 0 Å². The third kappa shape index (κ3) is 10.4. The largest absolute Gasteiger partial charge is 0.310 e. The van der Waals surface area contributed by atoms with Gasteiger partial charge in [-0.15, -0.1) is 0 Å². The first-order chi connectivity index (χ1) is 67.7. The van der Waals surface area contributed by atoms with Crippen molar-refractivity contribution in [1.82, 2.24) is 0 Å². The van der Waals surface area contributed by atoms with E-state index in [4.69, 9.17) is 0 Å². The monoisotopic (exact) mass is 1740 g/mol. The van der Waals surface area contributed by atoms with E-state index in [-0.39, 0.29) is 5.41 Å². The fourth-order valence-corrected chi connectivity index (χ4v) is 26.9. The Morgan fingerprint density at radius 2 is 0.453 bits per heavy atom. The third-order valence-corrected chi connectivity index (χ3v) is 32.4. The second kappa shape index (κ2) is 29.0. The van der Waals surface area contributed by atoms with Crippen LogP contribution in [0.25, 0.3) is 122 Å². The summed E-state index contributed by atoms with van der Waals surface area (Å²) in [6, 6.07) is 191. The lowest BCUT2D eigenvalue weighted by molar-refractivity contribution is 0.660. The van der Waals surface area contributed by atoms with Crippen LogP contribution in [-0.4, -0.2) is 0 Å². The number of hydrogen-bond acceptors (Lipinski definition) is 2. The van der Waals surface area contributed by atoms with E-state index in [0.29, 0.717) is 0 Å². The number of fused-ring (bicyclic) bond motifs is 32. The molecule has 7 aliphatic carbocycles. The maximum atomic E-state index is 2.61. The molecule has 0 bridgehead atoms. The summed E-state index contributed by atoms with van der Waals surface area (Å²) in [4.78, 5) is 5.18. The molecule has 0 saturated heterocycles. The minimum Gasteiger partial charge on any atom is -0.310 e. The van der Waals surface area contributed by atoms with Crippen LogP contribution in [0.15, 0.2) is 497 Å². The van der Waals surface area contributed by atoms with Gasteiger partial charge in [0, 0.05) is 39.3 Å². The highest BCUT2D eigenvalue weighted by Crippen LogP contribution is 2.69. The molecule has 0 aromatic heterocycles. The van der Waals surface area contributed by atoms with Crippen molar-refractivity contribution in [3.63, 3.8) is 0 Å². The number of hydrogen-bond donors (Lipinski definition) is 0. The van der Waals surface area contributed by atoms with Crippen LogP contribution in [0.2, 0.25) is 0 Å². The third-order valence-electron chi connectivity index (χ3n) is 32.4. The van der Waals surface area contributed by atoms with Crippen molar-refractivity contribution >= 4 is 55.7 Å². The molecular formula is C135H88N2. The van der Waals surface area contributed by atoms with Gasteiger partial charge in [0.15, 0.2) is 0 Å². The Labute approximate surface area is 798 Å². The van der Waals surface area contributed by atoms with E-state index in [1.165, 1.54) is 211 Å². The molecule has 638 valence electrons. The molecule has 0 amide bonds. The molecule has 22 aromatic rings. The molecule has 2 spiro atoms. The number of benzene rings is 22. The van der Waals surface area contributed by atoms with Crippen LogP contribution in [0.3, 0.4) is 0 Å². The average Bonchev–Trinajstić information content (AvgIpc) is 1.50. The van der Waals surface area contributed by atoms with Gasteiger partial charge < -0.3 is 9.80 Å². The summed E-state index contributed by atoms with van der Waals surface area (Å²) in [6.45, 7) is 4.81. The minimum atomic E-state index is -0.692. The Hall–Kier alpha value is -17.0. The summed E-state index contributed by atoms with van der Waals surface area (Å²) in [7, 11) is 0. The standard InChI is InChI=1S/C135H88N2/c1-131(2)113-48-22-14-40-101(113)107-76-72-98(84-126(107)131)137(128-59-31-56-124-130(128)108-46-20-28-54-119(108)134(124)116-51-25-15-41-102(116)103-42-16-26-52-117(103)134)97-74-79-122-112(83-97)106-45-18-24-50-115(106)133(122,93-37-10-5-11-38-93)94-68-62-85(63-69-94)89-67-77-123-110(81-89)104-43-19-27-53-118(104)135(123)120-55-29-21-47-109(120)129-125(135)57-30-58-127(129)136(95-70-64-86(65-71-95)88-66-75-100-90(80-88)61-60-87-32-12-13-39-99(87)100)96-73-78-121-111(82-96)105-44-17-23-49-114(105)132(121,91-33-6-3-7-34-91)92-35-8-4-9-36-92/h3-84H,1-2H3. The highest BCUT2D eigenvalue weighted by atomic mass is 15.2. The number of nitrogens with zero attached hydrogens (tertiary/aromatic N) is 2. The minimum absolute atomic E-state index is 0.237. The van der Waals surface area contributed by atoms with Gasteiger partial charge in [-0.1, -0.05) is 438 Å². The van der Waals surface area contributed by atoms with Gasteiger partial charge >= 0.3 is 0 Å². The smallest absolute Gasteiger partial charge is 0.0726 e. The normalized spacial score (nSPS) is 16.0. The molecule has 0 fully saturated rings. The van der Waals surface area contributed by atoms with E-state index in [1.54, 1.807) is 0 Å². The Bertz CT molecular complexity index is 8800. The summed E-state index contributed by atoms with van der Waals surface area (Å²) >= 11 is 0. The topological polar surface area (TPSA) is 6.48 Å². The molecule has 2 atom stereocenters. The molecule has 137 heavy (non-hydrogen) atoms. The molecule has 7 aliphatic rings. The zero-order chi connectivity index (χ0) is 90.2. The molecule has 0 aliphatic heterocycles. The number of rotatable bonds is 12. The Balaban J connectivity index is 0.573. The molecule has 22 aromatic carbocycles. The van der Waals surface area contributed by atoms with Crippen LogP contribution < -0.4 is 9.80 Å². The van der Waals surface area contributed by atoms with E-state index in [0.717, 1.165) is 45.3 Å². The van der Waals surface area contributed by atoms with Gasteiger partial charge in [0.2, 0.25) is 0 Å². The Morgan fingerprint density at radius 1 is 0.153 bits per heavy atom. The van der Waals surface area contributed by atoms with E-state index in [2.05, 4.69) is 521 Å². The highest BCUT2D eigenvalue weighted by molar-refractivity contribution is 6.10. The lowest BCUT2D eigenvalue weighted by atomic mass is 9.67. The lowest BCUT2D eigenvalue weighted by Gasteiger charge is -2.35. The van der Waals surface area contributed by atoms with Crippen LogP contribution in [0.4, 0.5) is 34.1 Å². The van der Waals surface area contributed by atoms with Crippen molar-refractivity contribution in [3.8, 4) is 100 Å². The first-order valence-electron chi connectivity index (χ1n) is 48.3. The van der Waals surface area contributed by atoms with Gasteiger partial charge in [-0.05, 0) is 283 Å². The second-order valence-corrected chi connectivity index (χ2v) is 39.0. The Kier molecular flexibility index (Phi) is 16.4. The average molecular weight is 1740 g/mol. The quantitative estimate of drug-likeness (QED) is 0.113. The molecule has 2 unspecified atom stereocenters. The van der Waals surface area contributed by atoms with E-state index >= 15 is 0 Å². The zero-order valence-corrected chi connectivity index (χ0v) is 75.7. The van der Waals surface area contributed by atoms with Gasteiger partial charge in [0.25, 0.3) is 0 Å². The second-order valence-electron chi connectivity index (χ2n) is 39.0. The molecule has 0 saturated carbocycles. The van der Waals surface area contributed by atoms with E-state index < -0.39 is 21.7 Å². The van der Waals surface area contributed by atoms with Crippen molar-refractivity contribution in [1.29, 1.82) is 0 Å². The van der Waals surface area contributed by atoms with E-state index in [9.17, 15) is 0 Å². The summed E-state index contributed by atoms with van der Waals surface area (Å²) in [5.41, 5.74) is 49.4. The van der Waals surface area contributed by atoms with Crippen LogP contribution >= 0.6 is 0 Å². The first-order valence-corrected chi connectivity index (χ1v) is 48.3. The van der Waals surface area contributed by atoms with Crippen LogP contribution in [0.5, 0.6) is 0 Å². The van der Waals surface area contributed by atoms with Gasteiger partial charge in [-0.25, -0.2) is 0 Å².